The standard InChI is InChI=1S/C23H23FN2O4S/c1-23(2,3)30-22(27)25-19-11-13-20(14-12-19)26(31(28)29)21-6-4-5-17(15-21)16-7-9-18(24)10-8-16/h4-15H,1-3H3,(H,25,27)(H,28,29)/p-1. The van der Waals surface area contributed by atoms with E-state index in [-0.39, 0.29) is 5.82 Å². The zero-order valence-electron chi connectivity index (χ0n) is 17.3. The normalized spacial score (nSPS) is 12.2. The highest BCUT2D eigenvalue weighted by Gasteiger charge is 2.17. The lowest BCUT2D eigenvalue weighted by Gasteiger charge is -2.27. The Morgan fingerprint density at radius 1 is 0.968 bits per heavy atom. The molecule has 0 fully saturated rings. The maximum atomic E-state index is 13.2. The molecule has 0 bridgehead atoms. The van der Waals surface area contributed by atoms with E-state index in [9.17, 15) is 17.9 Å². The van der Waals surface area contributed by atoms with Crippen LogP contribution in [0.15, 0.2) is 72.8 Å². The maximum absolute atomic E-state index is 13.2. The predicted molar refractivity (Wildman–Crippen MR) is 119 cm³/mol. The lowest BCUT2D eigenvalue weighted by atomic mass is 10.1. The fraction of sp³-hybridized carbons (Fsp3) is 0.174. The number of nitrogens with zero attached hydrogens (tertiary/aromatic N) is 1. The number of halogens is 1. The summed E-state index contributed by atoms with van der Waals surface area (Å²) in [4.78, 5) is 11.9. The van der Waals surface area contributed by atoms with Crippen LogP contribution in [-0.4, -0.2) is 20.5 Å². The van der Waals surface area contributed by atoms with Gasteiger partial charge in [0.25, 0.3) is 0 Å². The average Bonchev–Trinajstić information content (AvgIpc) is 2.68. The van der Waals surface area contributed by atoms with Crippen molar-refractivity contribution >= 4 is 34.4 Å². The highest BCUT2D eigenvalue weighted by atomic mass is 32.2. The third kappa shape index (κ3) is 6.13. The van der Waals surface area contributed by atoms with E-state index in [1.165, 1.54) is 12.1 Å². The van der Waals surface area contributed by atoms with Crippen molar-refractivity contribution in [2.45, 2.75) is 26.4 Å². The second kappa shape index (κ2) is 9.28. The van der Waals surface area contributed by atoms with Crippen molar-refractivity contribution in [3.8, 4) is 11.1 Å². The minimum absolute atomic E-state index is 0.345. The fourth-order valence-electron chi connectivity index (χ4n) is 2.88. The van der Waals surface area contributed by atoms with Gasteiger partial charge < -0.3 is 9.29 Å². The van der Waals surface area contributed by atoms with Gasteiger partial charge in [0.1, 0.15) is 11.4 Å². The number of anilines is 3. The molecule has 0 aliphatic heterocycles. The molecule has 162 valence electrons. The van der Waals surface area contributed by atoms with E-state index in [2.05, 4.69) is 5.32 Å². The van der Waals surface area contributed by atoms with Gasteiger partial charge in [-0.05, 0) is 80.4 Å². The van der Waals surface area contributed by atoms with Gasteiger partial charge in [-0.1, -0.05) is 24.3 Å². The van der Waals surface area contributed by atoms with Crippen LogP contribution in [0.4, 0.5) is 26.2 Å². The van der Waals surface area contributed by atoms with E-state index >= 15 is 0 Å². The van der Waals surface area contributed by atoms with Gasteiger partial charge in [0.2, 0.25) is 0 Å². The molecule has 3 rings (SSSR count). The molecule has 0 heterocycles. The van der Waals surface area contributed by atoms with E-state index in [0.29, 0.717) is 17.1 Å². The molecule has 1 N–H and O–H groups in total. The van der Waals surface area contributed by atoms with Crippen LogP contribution in [0.25, 0.3) is 11.1 Å². The first-order valence-corrected chi connectivity index (χ1v) is 10.5. The third-order valence-corrected chi connectivity index (χ3v) is 4.87. The number of carbonyl (C=O) groups is 1. The molecule has 3 aromatic carbocycles. The van der Waals surface area contributed by atoms with Gasteiger partial charge in [0, 0.05) is 5.69 Å². The van der Waals surface area contributed by atoms with Crippen molar-refractivity contribution in [3.63, 3.8) is 0 Å². The van der Waals surface area contributed by atoms with E-state index in [1.807, 2.05) is 6.07 Å². The first-order valence-electron chi connectivity index (χ1n) is 9.48. The van der Waals surface area contributed by atoms with Gasteiger partial charge in [-0.2, -0.15) is 0 Å². The summed E-state index contributed by atoms with van der Waals surface area (Å²) >= 11 is -2.59. The van der Waals surface area contributed by atoms with Crippen LogP contribution >= 0.6 is 0 Å². The molecule has 0 radical (unpaired) electrons. The summed E-state index contributed by atoms with van der Waals surface area (Å²) < 4.78 is 43.5. The number of hydrogen-bond acceptors (Lipinski definition) is 4. The summed E-state index contributed by atoms with van der Waals surface area (Å²) in [6.45, 7) is 5.28. The number of ether oxygens (including phenoxy) is 1. The fourth-order valence-corrected chi connectivity index (χ4v) is 3.46. The molecule has 1 amide bonds. The van der Waals surface area contributed by atoms with E-state index in [1.54, 1.807) is 75.4 Å². The van der Waals surface area contributed by atoms with Crippen LogP contribution in [0.2, 0.25) is 0 Å². The molecule has 1 atom stereocenters. The smallest absolute Gasteiger partial charge is 0.412 e. The number of rotatable bonds is 5. The Morgan fingerprint density at radius 3 is 2.19 bits per heavy atom. The van der Waals surface area contributed by atoms with Gasteiger partial charge in [-0.3, -0.25) is 13.8 Å². The molecule has 0 saturated carbocycles. The number of hydrogen-bond donors (Lipinski definition) is 1. The molecule has 0 spiro atoms. The molecular formula is C23H22FN2O4S-. The topological polar surface area (TPSA) is 81.7 Å². The molecule has 3 aromatic rings. The third-order valence-electron chi connectivity index (χ3n) is 4.15. The zero-order valence-corrected chi connectivity index (χ0v) is 18.1. The average molecular weight is 442 g/mol. The largest absolute Gasteiger partial charge is 0.755 e. The molecule has 31 heavy (non-hydrogen) atoms. The van der Waals surface area contributed by atoms with Crippen LogP contribution in [0.3, 0.4) is 0 Å². The summed E-state index contributed by atoms with van der Waals surface area (Å²) in [5.74, 6) is -0.345. The van der Waals surface area contributed by atoms with Gasteiger partial charge in [-0.15, -0.1) is 0 Å². The molecular weight excluding hydrogens is 419 g/mol. The van der Waals surface area contributed by atoms with Crippen molar-refractivity contribution in [3.05, 3.63) is 78.6 Å². The number of nitrogens with one attached hydrogen (secondary N) is 1. The Balaban J connectivity index is 1.84. The van der Waals surface area contributed by atoms with Gasteiger partial charge >= 0.3 is 6.09 Å². The van der Waals surface area contributed by atoms with E-state index < -0.39 is 23.0 Å². The molecule has 1 unspecified atom stereocenters. The minimum Gasteiger partial charge on any atom is -0.755 e. The molecule has 0 aromatic heterocycles. The predicted octanol–water partition coefficient (Wildman–Crippen LogP) is 5.77. The van der Waals surface area contributed by atoms with Gasteiger partial charge in [0.15, 0.2) is 0 Å². The Bertz CT molecular complexity index is 1080. The lowest BCUT2D eigenvalue weighted by Crippen LogP contribution is -2.27. The molecule has 0 aliphatic carbocycles. The Morgan fingerprint density at radius 2 is 1.61 bits per heavy atom. The Labute approximate surface area is 183 Å². The van der Waals surface area contributed by atoms with Gasteiger partial charge in [-0.25, -0.2) is 9.18 Å². The molecule has 0 saturated heterocycles. The number of carbonyl (C=O) groups excluding carboxylic acids is 1. The lowest BCUT2D eigenvalue weighted by molar-refractivity contribution is 0.0636. The van der Waals surface area contributed by atoms with Crippen molar-refractivity contribution in [2.24, 2.45) is 0 Å². The summed E-state index contributed by atoms with van der Waals surface area (Å²) in [6, 6.07) is 19.2. The van der Waals surface area contributed by atoms with Crippen LogP contribution in [0, 0.1) is 5.82 Å². The zero-order chi connectivity index (χ0) is 22.6. The van der Waals surface area contributed by atoms with Gasteiger partial charge in [0.05, 0.1) is 22.6 Å². The monoisotopic (exact) mass is 441 g/mol. The Hall–Kier alpha value is -3.23. The first kappa shape index (κ1) is 22.5. The van der Waals surface area contributed by atoms with Crippen LogP contribution < -0.4 is 9.62 Å². The van der Waals surface area contributed by atoms with Crippen molar-refractivity contribution in [1.29, 1.82) is 0 Å². The summed E-state index contributed by atoms with van der Waals surface area (Å²) in [6.07, 6.45) is -0.600. The second-order valence-electron chi connectivity index (χ2n) is 7.74. The maximum Gasteiger partial charge on any atom is 0.412 e. The highest BCUT2D eigenvalue weighted by Crippen LogP contribution is 2.31. The van der Waals surface area contributed by atoms with Crippen molar-refractivity contribution < 1.29 is 22.7 Å². The van der Waals surface area contributed by atoms with Crippen LogP contribution in [0.5, 0.6) is 0 Å². The number of amides is 1. The molecule has 0 aliphatic rings. The Kier molecular flexibility index (Phi) is 6.72. The highest BCUT2D eigenvalue weighted by molar-refractivity contribution is 7.81. The van der Waals surface area contributed by atoms with Crippen LogP contribution in [0.1, 0.15) is 20.8 Å². The van der Waals surface area contributed by atoms with E-state index in [4.69, 9.17) is 4.74 Å². The number of benzene rings is 3. The summed E-state index contributed by atoms with van der Waals surface area (Å²) in [5, 5.41) is 2.60. The minimum atomic E-state index is -2.59. The van der Waals surface area contributed by atoms with Crippen molar-refractivity contribution in [1.82, 2.24) is 0 Å². The quantitative estimate of drug-likeness (QED) is 0.510. The van der Waals surface area contributed by atoms with Crippen molar-refractivity contribution in [2.75, 3.05) is 9.62 Å². The molecule has 8 heteroatoms. The summed E-state index contributed by atoms with van der Waals surface area (Å²) in [7, 11) is 0. The molecule has 6 nitrogen and oxygen atoms in total. The second-order valence-corrected chi connectivity index (χ2v) is 8.54. The summed E-state index contributed by atoms with van der Waals surface area (Å²) in [5.41, 5.74) is 2.15. The van der Waals surface area contributed by atoms with Crippen LogP contribution in [-0.2, 0) is 16.0 Å². The van der Waals surface area contributed by atoms with E-state index in [0.717, 1.165) is 15.4 Å². The first-order chi connectivity index (χ1) is 14.6. The SMILES string of the molecule is CC(C)(C)OC(=O)Nc1ccc(N(c2cccc(-c3ccc(F)cc3)c2)S(=O)[O-])cc1.